The fourth-order valence-electron chi connectivity index (χ4n) is 2.79. The van der Waals surface area contributed by atoms with Crippen LogP contribution in [0.15, 0.2) is 49.1 Å². The first-order chi connectivity index (χ1) is 10.3. The Morgan fingerprint density at radius 2 is 2.14 bits per heavy atom. The average Bonchev–Trinajstić information content (AvgIpc) is 3.15. The topological polar surface area (TPSA) is 36.3 Å². The lowest BCUT2D eigenvalue weighted by Crippen LogP contribution is -2.33. The standard InChI is InChI=1S/C17H22N2O2/c1-15-13-20-17(21-15,9-11-19-12-10-18-14-19)8-7-16-5-3-2-4-6-16/h2-6,10,12,14-15H,7-9,11,13H2,1H3. The zero-order valence-corrected chi connectivity index (χ0v) is 12.4. The molecule has 0 amide bonds. The van der Waals surface area contributed by atoms with Gasteiger partial charge in [-0.15, -0.1) is 0 Å². The first-order valence-electron chi connectivity index (χ1n) is 7.57. The van der Waals surface area contributed by atoms with E-state index in [9.17, 15) is 0 Å². The fourth-order valence-corrected chi connectivity index (χ4v) is 2.79. The molecule has 1 aliphatic rings. The van der Waals surface area contributed by atoms with Crippen molar-refractivity contribution in [2.45, 2.75) is 44.6 Å². The van der Waals surface area contributed by atoms with Crippen LogP contribution in [0.2, 0.25) is 0 Å². The van der Waals surface area contributed by atoms with Crippen LogP contribution in [0.4, 0.5) is 0 Å². The number of hydrogen-bond donors (Lipinski definition) is 0. The summed E-state index contributed by atoms with van der Waals surface area (Å²) in [6.07, 6.45) is 8.49. The van der Waals surface area contributed by atoms with Crippen molar-refractivity contribution < 1.29 is 9.47 Å². The van der Waals surface area contributed by atoms with E-state index in [4.69, 9.17) is 9.47 Å². The molecule has 1 fully saturated rings. The third-order valence-electron chi connectivity index (χ3n) is 3.94. The molecule has 2 heterocycles. The zero-order valence-electron chi connectivity index (χ0n) is 12.4. The van der Waals surface area contributed by atoms with Gasteiger partial charge in [0, 0.05) is 31.8 Å². The van der Waals surface area contributed by atoms with Crippen LogP contribution in [0, 0.1) is 0 Å². The van der Waals surface area contributed by atoms with Crippen LogP contribution in [0.25, 0.3) is 0 Å². The Hall–Kier alpha value is -1.65. The molecule has 1 saturated heterocycles. The molecule has 0 spiro atoms. The number of ether oxygens (including phenoxy) is 2. The van der Waals surface area contributed by atoms with Gasteiger partial charge in [-0.05, 0) is 18.9 Å². The molecular formula is C17H22N2O2. The summed E-state index contributed by atoms with van der Waals surface area (Å²) in [5.41, 5.74) is 1.33. The molecule has 1 aliphatic heterocycles. The maximum absolute atomic E-state index is 6.11. The van der Waals surface area contributed by atoms with Crippen molar-refractivity contribution in [1.82, 2.24) is 9.55 Å². The Bertz CT molecular complexity index is 541. The van der Waals surface area contributed by atoms with Crippen molar-refractivity contribution in [2.75, 3.05) is 6.61 Å². The minimum Gasteiger partial charge on any atom is -0.347 e. The molecule has 0 N–H and O–H groups in total. The SMILES string of the molecule is CC1COC(CCc2ccccc2)(CCn2ccnc2)O1. The number of rotatable bonds is 6. The number of hydrogen-bond acceptors (Lipinski definition) is 3. The molecule has 0 radical (unpaired) electrons. The number of aromatic nitrogens is 2. The van der Waals surface area contributed by atoms with E-state index >= 15 is 0 Å². The van der Waals surface area contributed by atoms with Crippen LogP contribution in [-0.2, 0) is 22.4 Å². The van der Waals surface area contributed by atoms with Gasteiger partial charge in [0.15, 0.2) is 5.79 Å². The molecule has 1 aromatic carbocycles. The normalized spacial score (nSPS) is 25.3. The Labute approximate surface area is 125 Å². The maximum atomic E-state index is 6.11. The zero-order chi connectivity index (χ0) is 14.5. The summed E-state index contributed by atoms with van der Waals surface area (Å²) >= 11 is 0. The van der Waals surface area contributed by atoms with Crippen molar-refractivity contribution in [3.8, 4) is 0 Å². The van der Waals surface area contributed by atoms with Gasteiger partial charge in [0.05, 0.1) is 19.0 Å². The predicted molar refractivity (Wildman–Crippen MR) is 80.8 cm³/mol. The van der Waals surface area contributed by atoms with Crippen LogP contribution < -0.4 is 0 Å². The van der Waals surface area contributed by atoms with E-state index in [2.05, 4.69) is 40.7 Å². The van der Waals surface area contributed by atoms with E-state index in [1.165, 1.54) is 5.56 Å². The monoisotopic (exact) mass is 286 g/mol. The van der Waals surface area contributed by atoms with Gasteiger partial charge >= 0.3 is 0 Å². The van der Waals surface area contributed by atoms with Crippen LogP contribution in [0.1, 0.15) is 25.3 Å². The highest BCUT2D eigenvalue weighted by molar-refractivity contribution is 5.15. The summed E-state index contributed by atoms with van der Waals surface area (Å²) in [7, 11) is 0. The molecule has 0 saturated carbocycles. The van der Waals surface area contributed by atoms with Crippen molar-refractivity contribution >= 4 is 0 Å². The van der Waals surface area contributed by atoms with Crippen LogP contribution in [0.3, 0.4) is 0 Å². The first kappa shape index (κ1) is 14.3. The molecule has 2 unspecified atom stereocenters. The number of benzene rings is 1. The fraction of sp³-hybridized carbons (Fsp3) is 0.471. The van der Waals surface area contributed by atoms with Crippen LogP contribution in [0.5, 0.6) is 0 Å². The molecule has 2 aromatic rings. The van der Waals surface area contributed by atoms with Gasteiger partial charge in [0.25, 0.3) is 0 Å². The summed E-state index contributed by atoms with van der Waals surface area (Å²) in [6, 6.07) is 10.5. The lowest BCUT2D eigenvalue weighted by molar-refractivity contribution is -0.177. The number of nitrogens with zero attached hydrogens (tertiary/aromatic N) is 2. The summed E-state index contributed by atoms with van der Waals surface area (Å²) in [6.45, 7) is 3.61. The molecule has 0 bridgehead atoms. The molecule has 1 aromatic heterocycles. The summed E-state index contributed by atoms with van der Waals surface area (Å²) in [5, 5.41) is 0. The van der Waals surface area contributed by atoms with E-state index in [1.54, 1.807) is 6.20 Å². The van der Waals surface area contributed by atoms with E-state index < -0.39 is 5.79 Å². The molecular weight excluding hydrogens is 264 g/mol. The highest BCUT2D eigenvalue weighted by atomic mass is 16.7. The lowest BCUT2D eigenvalue weighted by Gasteiger charge is -2.28. The first-order valence-corrected chi connectivity index (χ1v) is 7.57. The van der Waals surface area contributed by atoms with Gasteiger partial charge in [-0.3, -0.25) is 0 Å². The largest absolute Gasteiger partial charge is 0.347 e. The van der Waals surface area contributed by atoms with Crippen molar-refractivity contribution in [3.05, 3.63) is 54.6 Å². The Morgan fingerprint density at radius 1 is 1.29 bits per heavy atom. The van der Waals surface area contributed by atoms with Crippen molar-refractivity contribution in [2.24, 2.45) is 0 Å². The van der Waals surface area contributed by atoms with E-state index in [-0.39, 0.29) is 6.10 Å². The number of imidazole rings is 1. The molecule has 2 atom stereocenters. The quantitative estimate of drug-likeness (QED) is 0.819. The summed E-state index contributed by atoms with van der Waals surface area (Å²) in [5.74, 6) is -0.459. The van der Waals surface area contributed by atoms with Gasteiger partial charge in [-0.25, -0.2) is 4.98 Å². The Balaban J connectivity index is 1.62. The van der Waals surface area contributed by atoms with E-state index in [0.717, 1.165) is 25.8 Å². The van der Waals surface area contributed by atoms with Crippen LogP contribution >= 0.6 is 0 Å². The third-order valence-corrected chi connectivity index (χ3v) is 3.94. The molecule has 112 valence electrons. The van der Waals surface area contributed by atoms with Gasteiger partial charge in [-0.1, -0.05) is 30.3 Å². The van der Waals surface area contributed by atoms with Gasteiger partial charge in [-0.2, -0.15) is 0 Å². The van der Waals surface area contributed by atoms with Gasteiger partial charge in [0.2, 0.25) is 0 Å². The molecule has 21 heavy (non-hydrogen) atoms. The molecule has 4 heteroatoms. The van der Waals surface area contributed by atoms with Gasteiger partial charge in [0.1, 0.15) is 0 Å². The molecule has 0 aliphatic carbocycles. The predicted octanol–water partition coefficient (Wildman–Crippen LogP) is 3.04. The lowest BCUT2D eigenvalue weighted by atomic mass is 10.0. The van der Waals surface area contributed by atoms with Crippen LogP contribution in [-0.4, -0.2) is 28.0 Å². The minimum absolute atomic E-state index is 0.170. The maximum Gasteiger partial charge on any atom is 0.170 e. The van der Waals surface area contributed by atoms with Gasteiger partial charge < -0.3 is 14.0 Å². The smallest absolute Gasteiger partial charge is 0.170 e. The second kappa shape index (κ2) is 6.41. The highest BCUT2D eigenvalue weighted by Gasteiger charge is 2.39. The van der Waals surface area contributed by atoms with E-state index in [1.807, 2.05) is 18.6 Å². The Kier molecular flexibility index (Phi) is 4.36. The summed E-state index contributed by atoms with van der Waals surface area (Å²) < 4.78 is 14.2. The number of aryl methyl sites for hydroxylation is 2. The highest BCUT2D eigenvalue weighted by Crippen LogP contribution is 2.32. The average molecular weight is 286 g/mol. The minimum atomic E-state index is -0.459. The van der Waals surface area contributed by atoms with Crippen molar-refractivity contribution in [3.63, 3.8) is 0 Å². The van der Waals surface area contributed by atoms with Crippen molar-refractivity contribution in [1.29, 1.82) is 0 Å². The molecule has 4 nitrogen and oxygen atoms in total. The second-order valence-electron chi connectivity index (χ2n) is 5.69. The van der Waals surface area contributed by atoms with E-state index in [0.29, 0.717) is 6.61 Å². The summed E-state index contributed by atoms with van der Waals surface area (Å²) in [4.78, 5) is 4.08. The second-order valence-corrected chi connectivity index (χ2v) is 5.69. The molecule has 3 rings (SSSR count). The third kappa shape index (κ3) is 3.71. The Morgan fingerprint density at radius 3 is 2.81 bits per heavy atom.